The Labute approximate surface area is 127 Å². The van der Waals surface area contributed by atoms with Crippen molar-refractivity contribution in [2.45, 2.75) is 4.90 Å². The Morgan fingerprint density at radius 3 is 2.65 bits per heavy atom. The number of ether oxygens (including phenoxy) is 1. The van der Waals surface area contributed by atoms with Crippen molar-refractivity contribution in [3.8, 4) is 0 Å². The Morgan fingerprint density at radius 1 is 1.30 bits per heavy atom. The molecule has 1 aliphatic heterocycles. The second-order valence-corrected chi connectivity index (χ2v) is 7.46. The van der Waals surface area contributed by atoms with Crippen LogP contribution in [-0.2, 0) is 14.6 Å². The Morgan fingerprint density at radius 2 is 2.00 bits per heavy atom. The Balaban J connectivity index is 0.00000147. The molecule has 1 aromatic heterocycles. The molecule has 0 unspecified atom stereocenters. The van der Waals surface area contributed by atoms with Gasteiger partial charge in [0.25, 0.3) is 0 Å². The first-order valence-electron chi connectivity index (χ1n) is 5.98. The molecule has 5 nitrogen and oxygen atoms in total. The maximum Gasteiger partial charge on any atom is 0.186 e. The van der Waals surface area contributed by atoms with Gasteiger partial charge in [-0.05, 0) is 12.1 Å². The summed E-state index contributed by atoms with van der Waals surface area (Å²) in [7, 11) is -3.25. The van der Waals surface area contributed by atoms with Crippen LogP contribution in [0.25, 0.3) is 10.2 Å². The molecular formula is C12H15ClN2O3S2. The number of fused-ring (bicyclic) bond motifs is 1. The van der Waals surface area contributed by atoms with E-state index < -0.39 is 9.84 Å². The normalized spacial score (nSPS) is 16.1. The third-order valence-corrected chi connectivity index (χ3v) is 5.26. The fraction of sp³-hybridized carbons (Fsp3) is 0.417. The molecule has 110 valence electrons. The zero-order valence-electron chi connectivity index (χ0n) is 10.9. The van der Waals surface area contributed by atoms with Gasteiger partial charge in [-0.2, -0.15) is 0 Å². The number of sulfone groups is 1. The van der Waals surface area contributed by atoms with Crippen molar-refractivity contribution < 1.29 is 13.2 Å². The molecule has 8 heteroatoms. The molecule has 3 rings (SSSR count). The summed E-state index contributed by atoms with van der Waals surface area (Å²) in [6.45, 7) is 2.98. The SMILES string of the molecule is CS(=O)(=O)c1cccc2sc(N3CCOCC3)nc12.Cl. The van der Waals surface area contributed by atoms with Crippen LogP contribution in [-0.4, -0.2) is 46.0 Å². The highest BCUT2D eigenvalue weighted by atomic mass is 35.5. The average Bonchev–Trinajstić information content (AvgIpc) is 2.82. The second-order valence-electron chi connectivity index (χ2n) is 4.47. The molecule has 0 N–H and O–H groups in total. The molecule has 2 aromatic rings. The zero-order chi connectivity index (χ0) is 13.5. The quantitative estimate of drug-likeness (QED) is 0.840. The minimum absolute atomic E-state index is 0. The summed E-state index contributed by atoms with van der Waals surface area (Å²) < 4.78 is 29.7. The van der Waals surface area contributed by atoms with E-state index in [1.807, 2.05) is 6.07 Å². The van der Waals surface area contributed by atoms with Crippen LogP contribution in [0.1, 0.15) is 0 Å². The van der Waals surface area contributed by atoms with E-state index in [1.165, 1.54) is 17.6 Å². The van der Waals surface area contributed by atoms with Crippen LogP contribution in [0.2, 0.25) is 0 Å². The smallest absolute Gasteiger partial charge is 0.186 e. The lowest BCUT2D eigenvalue weighted by atomic mass is 10.3. The summed E-state index contributed by atoms with van der Waals surface area (Å²) in [6.07, 6.45) is 1.22. The minimum Gasteiger partial charge on any atom is -0.378 e. The molecule has 1 saturated heterocycles. The van der Waals surface area contributed by atoms with E-state index in [2.05, 4.69) is 9.88 Å². The zero-order valence-corrected chi connectivity index (χ0v) is 13.4. The Bertz CT molecular complexity index is 709. The van der Waals surface area contributed by atoms with E-state index in [4.69, 9.17) is 4.74 Å². The molecule has 1 fully saturated rings. The van der Waals surface area contributed by atoms with Crippen molar-refractivity contribution in [2.75, 3.05) is 37.5 Å². The van der Waals surface area contributed by atoms with Gasteiger partial charge in [-0.3, -0.25) is 0 Å². The third kappa shape index (κ3) is 2.90. The lowest BCUT2D eigenvalue weighted by Gasteiger charge is -2.25. The molecule has 20 heavy (non-hydrogen) atoms. The number of hydrogen-bond acceptors (Lipinski definition) is 6. The van der Waals surface area contributed by atoms with Gasteiger partial charge in [0, 0.05) is 19.3 Å². The van der Waals surface area contributed by atoms with Crippen molar-refractivity contribution in [1.82, 2.24) is 4.98 Å². The number of hydrogen-bond donors (Lipinski definition) is 0. The summed E-state index contributed by atoms with van der Waals surface area (Å²) in [6, 6.07) is 5.28. The van der Waals surface area contributed by atoms with Gasteiger partial charge >= 0.3 is 0 Å². The summed E-state index contributed by atoms with van der Waals surface area (Å²) in [5, 5.41) is 0.870. The third-order valence-electron chi connectivity index (χ3n) is 3.05. The van der Waals surface area contributed by atoms with Crippen LogP contribution in [0.4, 0.5) is 5.13 Å². The molecule has 0 amide bonds. The Hall–Kier alpha value is -0.890. The van der Waals surface area contributed by atoms with Gasteiger partial charge < -0.3 is 9.64 Å². The first-order chi connectivity index (χ1) is 9.05. The first-order valence-corrected chi connectivity index (χ1v) is 8.69. The van der Waals surface area contributed by atoms with E-state index in [-0.39, 0.29) is 12.4 Å². The highest BCUT2D eigenvalue weighted by molar-refractivity contribution is 7.91. The van der Waals surface area contributed by atoms with Crippen LogP contribution in [0, 0.1) is 0 Å². The van der Waals surface area contributed by atoms with E-state index >= 15 is 0 Å². The second kappa shape index (κ2) is 5.85. The molecule has 1 aromatic carbocycles. The molecule has 0 bridgehead atoms. The molecule has 0 saturated carbocycles. The maximum atomic E-state index is 11.8. The molecule has 0 spiro atoms. The number of nitrogens with zero attached hydrogens (tertiary/aromatic N) is 2. The van der Waals surface area contributed by atoms with Crippen LogP contribution < -0.4 is 4.90 Å². The molecule has 1 aliphatic rings. The predicted octanol–water partition coefficient (Wildman–Crippen LogP) is 1.96. The minimum atomic E-state index is -3.25. The number of aromatic nitrogens is 1. The number of thiazole rings is 1. The summed E-state index contributed by atoms with van der Waals surface area (Å²) >= 11 is 1.53. The molecule has 0 atom stereocenters. The summed E-state index contributed by atoms with van der Waals surface area (Å²) in [5.74, 6) is 0. The number of morpholine rings is 1. The highest BCUT2D eigenvalue weighted by Crippen LogP contribution is 2.32. The van der Waals surface area contributed by atoms with Gasteiger partial charge in [0.1, 0.15) is 5.52 Å². The van der Waals surface area contributed by atoms with E-state index in [1.54, 1.807) is 12.1 Å². The fourth-order valence-corrected chi connectivity index (χ4v) is 4.04. The van der Waals surface area contributed by atoms with Gasteiger partial charge in [-0.15, -0.1) is 12.4 Å². The molecule has 0 radical (unpaired) electrons. The van der Waals surface area contributed by atoms with Crippen LogP contribution in [0.3, 0.4) is 0 Å². The number of halogens is 1. The lowest BCUT2D eigenvalue weighted by molar-refractivity contribution is 0.122. The highest BCUT2D eigenvalue weighted by Gasteiger charge is 2.19. The molecule has 2 heterocycles. The largest absolute Gasteiger partial charge is 0.378 e. The van der Waals surface area contributed by atoms with Crippen LogP contribution in [0.5, 0.6) is 0 Å². The van der Waals surface area contributed by atoms with Gasteiger partial charge in [0.2, 0.25) is 0 Å². The maximum absolute atomic E-state index is 11.8. The lowest BCUT2D eigenvalue weighted by Crippen LogP contribution is -2.36. The van der Waals surface area contributed by atoms with E-state index in [0.717, 1.165) is 22.9 Å². The standard InChI is InChI=1S/C12H14N2O3S2.ClH/c1-19(15,16)10-4-2-3-9-11(10)13-12(18-9)14-5-7-17-8-6-14;/h2-4H,5-8H2,1H3;1H. The van der Waals surface area contributed by atoms with Gasteiger partial charge in [0.15, 0.2) is 15.0 Å². The van der Waals surface area contributed by atoms with Gasteiger partial charge in [0.05, 0.1) is 22.8 Å². The van der Waals surface area contributed by atoms with Crippen LogP contribution >= 0.6 is 23.7 Å². The van der Waals surface area contributed by atoms with E-state index in [9.17, 15) is 8.42 Å². The first kappa shape index (κ1) is 15.5. The van der Waals surface area contributed by atoms with Crippen LogP contribution in [0.15, 0.2) is 23.1 Å². The van der Waals surface area contributed by atoms with Crippen molar-refractivity contribution in [3.63, 3.8) is 0 Å². The van der Waals surface area contributed by atoms with Gasteiger partial charge in [-0.25, -0.2) is 13.4 Å². The average molecular weight is 335 g/mol. The fourth-order valence-electron chi connectivity index (χ4n) is 2.10. The van der Waals surface area contributed by atoms with Crippen molar-refractivity contribution in [1.29, 1.82) is 0 Å². The summed E-state index contributed by atoms with van der Waals surface area (Å²) in [5.41, 5.74) is 0.580. The predicted molar refractivity (Wildman–Crippen MR) is 83.0 cm³/mol. The monoisotopic (exact) mass is 334 g/mol. The number of para-hydroxylation sites is 1. The molecule has 0 aliphatic carbocycles. The van der Waals surface area contributed by atoms with E-state index in [0.29, 0.717) is 23.6 Å². The number of benzene rings is 1. The number of rotatable bonds is 2. The summed E-state index contributed by atoms with van der Waals surface area (Å²) in [4.78, 5) is 6.96. The van der Waals surface area contributed by atoms with Crippen molar-refractivity contribution >= 4 is 48.9 Å². The van der Waals surface area contributed by atoms with Gasteiger partial charge in [-0.1, -0.05) is 17.4 Å². The number of anilines is 1. The molecular weight excluding hydrogens is 320 g/mol. The Kier molecular flexibility index (Phi) is 4.53. The topological polar surface area (TPSA) is 59.5 Å². The van der Waals surface area contributed by atoms with Crippen molar-refractivity contribution in [3.05, 3.63) is 18.2 Å². The van der Waals surface area contributed by atoms with Crippen molar-refractivity contribution in [2.24, 2.45) is 0 Å².